The summed E-state index contributed by atoms with van der Waals surface area (Å²) in [4.78, 5) is 17.3. The van der Waals surface area contributed by atoms with E-state index < -0.39 is 0 Å². The summed E-state index contributed by atoms with van der Waals surface area (Å²) in [6.07, 6.45) is 2.11. The van der Waals surface area contributed by atoms with Gasteiger partial charge in [0, 0.05) is 44.0 Å². The Balaban J connectivity index is 1.23. The molecule has 3 heterocycles. The molecule has 0 saturated carbocycles. The van der Waals surface area contributed by atoms with Crippen LogP contribution in [0.5, 0.6) is 0 Å². The van der Waals surface area contributed by atoms with Crippen LogP contribution in [0, 0.1) is 12.7 Å². The van der Waals surface area contributed by atoms with Crippen molar-refractivity contribution in [1.82, 2.24) is 19.7 Å². The van der Waals surface area contributed by atoms with Crippen molar-refractivity contribution in [2.75, 3.05) is 43.4 Å². The number of hydrogen-bond donors (Lipinski definition) is 0. The number of benzene rings is 2. The lowest BCUT2D eigenvalue weighted by Crippen LogP contribution is -2.49. The zero-order valence-electron chi connectivity index (χ0n) is 19.9. The standard InChI is InChI=1S/C26H30FN5O2S/c1-19-4-2-5-22(16-19)30-11-13-31(14-12-30)24(33)18-35-26-29-28-25(20-7-9-21(27)10-8-20)32(26)17-23-6-3-15-34-23/h2,4-5,7-10,16,23H,3,6,11-15,17-18H2,1H3. The molecule has 35 heavy (non-hydrogen) atoms. The molecule has 5 rings (SSSR count). The van der Waals surface area contributed by atoms with Gasteiger partial charge < -0.3 is 14.5 Å². The number of amides is 1. The van der Waals surface area contributed by atoms with Crippen LogP contribution in [0.3, 0.4) is 0 Å². The molecular weight excluding hydrogens is 465 g/mol. The molecule has 1 aromatic heterocycles. The van der Waals surface area contributed by atoms with Crippen molar-refractivity contribution in [1.29, 1.82) is 0 Å². The van der Waals surface area contributed by atoms with Crippen LogP contribution in [0.25, 0.3) is 11.4 Å². The lowest BCUT2D eigenvalue weighted by atomic mass is 10.2. The average molecular weight is 496 g/mol. The lowest BCUT2D eigenvalue weighted by Gasteiger charge is -2.36. The molecule has 0 bridgehead atoms. The quantitative estimate of drug-likeness (QED) is 0.462. The number of rotatable bonds is 7. The zero-order valence-corrected chi connectivity index (χ0v) is 20.7. The molecule has 2 aliphatic rings. The Kier molecular flexibility index (Phi) is 7.34. The van der Waals surface area contributed by atoms with Crippen LogP contribution in [0.15, 0.2) is 53.7 Å². The van der Waals surface area contributed by atoms with Gasteiger partial charge in [0.1, 0.15) is 5.82 Å². The number of anilines is 1. The van der Waals surface area contributed by atoms with Gasteiger partial charge in [0.2, 0.25) is 5.91 Å². The van der Waals surface area contributed by atoms with Gasteiger partial charge in [0.15, 0.2) is 11.0 Å². The first-order valence-electron chi connectivity index (χ1n) is 12.1. The van der Waals surface area contributed by atoms with Gasteiger partial charge in [-0.25, -0.2) is 4.39 Å². The molecule has 2 fully saturated rings. The Morgan fingerprint density at radius 2 is 1.91 bits per heavy atom. The predicted octanol–water partition coefficient (Wildman–Crippen LogP) is 4.01. The van der Waals surface area contributed by atoms with Gasteiger partial charge in [-0.3, -0.25) is 9.36 Å². The van der Waals surface area contributed by atoms with Crippen LogP contribution in [0.4, 0.5) is 10.1 Å². The van der Waals surface area contributed by atoms with E-state index in [0.29, 0.717) is 36.4 Å². The molecule has 0 spiro atoms. The normalized spacial score (nSPS) is 18.3. The van der Waals surface area contributed by atoms with Crippen LogP contribution in [0.2, 0.25) is 0 Å². The van der Waals surface area contributed by atoms with Crippen LogP contribution in [0.1, 0.15) is 18.4 Å². The number of hydrogen-bond acceptors (Lipinski definition) is 6. The maximum Gasteiger partial charge on any atom is 0.233 e. The molecule has 1 atom stereocenters. The van der Waals surface area contributed by atoms with Crippen molar-refractivity contribution in [3.05, 3.63) is 59.9 Å². The van der Waals surface area contributed by atoms with E-state index in [1.807, 2.05) is 9.47 Å². The van der Waals surface area contributed by atoms with Crippen molar-refractivity contribution < 1.29 is 13.9 Å². The Bertz CT molecular complexity index is 1150. The summed E-state index contributed by atoms with van der Waals surface area (Å²) in [5.74, 6) is 0.787. The zero-order chi connectivity index (χ0) is 24.2. The summed E-state index contributed by atoms with van der Waals surface area (Å²) in [5, 5.41) is 9.45. The second kappa shape index (κ2) is 10.8. The highest BCUT2D eigenvalue weighted by atomic mass is 32.2. The summed E-state index contributed by atoms with van der Waals surface area (Å²) < 4.78 is 21.3. The molecule has 2 aliphatic heterocycles. The summed E-state index contributed by atoms with van der Waals surface area (Å²) in [6.45, 7) is 6.53. The smallest absolute Gasteiger partial charge is 0.233 e. The number of piperazine rings is 1. The molecule has 0 aliphatic carbocycles. The van der Waals surface area contributed by atoms with Gasteiger partial charge >= 0.3 is 0 Å². The second-order valence-electron chi connectivity index (χ2n) is 9.05. The Morgan fingerprint density at radius 1 is 1.11 bits per heavy atom. The number of carbonyl (C=O) groups excluding carboxylic acids is 1. The minimum atomic E-state index is -0.290. The SMILES string of the molecule is Cc1cccc(N2CCN(C(=O)CSc3nnc(-c4ccc(F)cc4)n3CC3CCCO3)CC2)c1. The number of aromatic nitrogens is 3. The first kappa shape index (κ1) is 23.8. The molecule has 9 heteroatoms. The van der Waals surface area contributed by atoms with E-state index in [2.05, 4.69) is 46.3 Å². The molecule has 7 nitrogen and oxygen atoms in total. The minimum Gasteiger partial charge on any atom is -0.376 e. The predicted molar refractivity (Wildman–Crippen MR) is 135 cm³/mol. The van der Waals surface area contributed by atoms with Gasteiger partial charge in [-0.2, -0.15) is 0 Å². The lowest BCUT2D eigenvalue weighted by molar-refractivity contribution is -0.128. The number of carbonyl (C=O) groups is 1. The van der Waals surface area contributed by atoms with Crippen molar-refractivity contribution in [3.8, 4) is 11.4 Å². The monoisotopic (exact) mass is 495 g/mol. The first-order chi connectivity index (χ1) is 17.1. The van der Waals surface area contributed by atoms with Crippen molar-refractivity contribution in [2.24, 2.45) is 0 Å². The molecule has 2 saturated heterocycles. The van der Waals surface area contributed by atoms with Gasteiger partial charge in [0.25, 0.3) is 0 Å². The third-order valence-electron chi connectivity index (χ3n) is 6.55. The first-order valence-corrected chi connectivity index (χ1v) is 13.1. The number of ether oxygens (including phenoxy) is 1. The van der Waals surface area contributed by atoms with E-state index in [-0.39, 0.29) is 17.8 Å². The summed E-state index contributed by atoms with van der Waals surface area (Å²) in [5.41, 5.74) is 3.24. The number of halogens is 1. The van der Waals surface area contributed by atoms with E-state index in [9.17, 15) is 9.18 Å². The average Bonchev–Trinajstić information content (AvgIpc) is 3.54. The molecule has 1 amide bonds. The van der Waals surface area contributed by atoms with E-state index in [1.54, 1.807) is 12.1 Å². The van der Waals surface area contributed by atoms with E-state index >= 15 is 0 Å². The van der Waals surface area contributed by atoms with Crippen LogP contribution in [-0.4, -0.2) is 70.2 Å². The Hall–Kier alpha value is -2.91. The molecule has 184 valence electrons. The fraction of sp³-hybridized carbons (Fsp3) is 0.423. The largest absolute Gasteiger partial charge is 0.376 e. The van der Waals surface area contributed by atoms with Crippen molar-refractivity contribution in [2.45, 2.75) is 37.6 Å². The number of nitrogens with zero attached hydrogens (tertiary/aromatic N) is 5. The molecule has 1 unspecified atom stereocenters. The van der Waals surface area contributed by atoms with Crippen LogP contribution in [-0.2, 0) is 16.1 Å². The van der Waals surface area contributed by atoms with Crippen LogP contribution >= 0.6 is 11.8 Å². The highest BCUT2D eigenvalue weighted by Crippen LogP contribution is 2.27. The maximum absolute atomic E-state index is 13.4. The van der Waals surface area contributed by atoms with Gasteiger partial charge in [0.05, 0.1) is 18.4 Å². The maximum atomic E-state index is 13.4. The van der Waals surface area contributed by atoms with Gasteiger partial charge in [-0.05, 0) is 61.7 Å². The summed E-state index contributed by atoms with van der Waals surface area (Å²) in [6, 6.07) is 14.7. The molecule has 0 radical (unpaired) electrons. The molecular formula is C26H30FN5O2S. The fourth-order valence-corrected chi connectivity index (χ4v) is 5.47. The van der Waals surface area contributed by atoms with E-state index in [4.69, 9.17) is 4.74 Å². The van der Waals surface area contributed by atoms with Gasteiger partial charge in [-0.1, -0.05) is 23.9 Å². The van der Waals surface area contributed by atoms with Crippen LogP contribution < -0.4 is 4.90 Å². The van der Waals surface area contributed by atoms with Crippen molar-refractivity contribution >= 4 is 23.4 Å². The molecule has 3 aromatic rings. The second-order valence-corrected chi connectivity index (χ2v) is 10.00. The van der Waals surface area contributed by atoms with E-state index in [1.165, 1.54) is 35.1 Å². The number of aryl methyl sites for hydroxylation is 1. The van der Waals surface area contributed by atoms with Gasteiger partial charge in [-0.15, -0.1) is 10.2 Å². The Morgan fingerprint density at radius 3 is 2.63 bits per heavy atom. The number of thioether (sulfide) groups is 1. The Labute approximate surface area is 209 Å². The third kappa shape index (κ3) is 5.67. The third-order valence-corrected chi connectivity index (χ3v) is 7.50. The summed E-state index contributed by atoms with van der Waals surface area (Å²) >= 11 is 1.40. The highest BCUT2D eigenvalue weighted by Gasteiger charge is 2.25. The molecule has 2 aromatic carbocycles. The van der Waals surface area contributed by atoms with Crippen molar-refractivity contribution in [3.63, 3.8) is 0 Å². The fourth-order valence-electron chi connectivity index (χ4n) is 4.62. The minimum absolute atomic E-state index is 0.0925. The highest BCUT2D eigenvalue weighted by molar-refractivity contribution is 7.99. The summed E-state index contributed by atoms with van der Waals surface area (Å²) in [7, 11) is 0. The molecule has 0 N–H and O–H groups in total. The topological polar surface area (TPSA) is 63.5 Å². The van der Waals surface area contributed by atoms with E-state index in [0.717, 1.165) is 38.1 Å².